The van der Waals surface area contributed by atoms with Gasteiger partial charge in [-0.1, -0.05) is 30.6 Å². The van der Waals surface area contributed by atoms with Crippen LogP contribution < -0.4 is 16.6 Å². The molecule has 0 radical (unpaired) electrons. The molecule has 1 aromatic carbocycles. The number of thiazole rings is 1. The second-order valence-corrected chi connectivity index (χ2v) is 6.20. The number of nitrogens with zero attached hydrogens (tertiary/aromatic N) is 1. The van der Waals surface area contributed by atoms with Crippen LogP contribution in [-0.4, -0.2) is 10.9 Å². The molecule has 106 valence electrons. The first-order valence-electron chi connectivity index (χ1n) is 6.94. The summed E-state index contributed by atoms with van der Waals surface area (Å²) in [6, 6.07) is 5.75. The number of carbonyl (C=O) groups is 1. The highest BCUT2D eigenvalue weighted by molar-refractivity contribution is 7.22. The number of hydrogen-bond acceptors (Lipinski definition) is 5. The van der Waals surface area contributed by atoms with E-state index in [0.717, 1.165) is 41.6 Å². The largest absolute Gasteiger partial charge is 0.326 e. The van der Waals surface area contributed by atoms with E-state index in [1.807, 2.05) is 18.2 Å². The molecule has 3 rings (SSSR count). The van der Waals surface area contributed by atoms with Crippen LogP contribution in [0.2, 0.25) is 0 Å². The molecule has 20 heavy (non-hydrogen) atoms. The predicted octanol–water partition coefficient (Wildman–Crippen LogP) is 3.10. The van der Waals surface area contributed by atoms with Crippen molar-refractivity contribution in [2.24, 2.45) is 11.8 Å². The van der Waals surface area contributed by atoms with Crippen molar-refractivity contribution in [3.05, 3.63) is 18.2 Å². The molecule has 4 N–H and O–H groups in total. The molecule has 1 aromatic heterocycles. The molecule has 1 heterocycles. The molecule has 0 aliphatic heterocycles. The van der Waals surface area contributed by atoms with Gasteiger partial charge in [0, 0.05) is 11.6 Å². The number of carbonyl (C=O) groups excluding carboxylic acids is 1. The van der Waals surface area contributed by atoms with Crippen LogP contribution in [0.3, 0.4) is 0 Å². The van der Waals surface area contributed by atoms with Crippen LogP contribution in [0.25, 0.3) is 10.2 Å². The summed E-state index contributed by atoms with van der Waals surface area (Å²) in [6.45, 7) is 0. The number of hydrazine groups is 1. The van der Waals surface area contributed by atoms with Gasteiger partial charge in [0.2, 0.25) is 5.91 Å². The molecule has 2 aromatic rings. The van der Waals surface area contributed by atoms with Crippen LogP contribution in [0.5, 0.6) is 0 Å². The molecule has 5 nitrogen and oxygen atoms in total. The van der Waals surface area contributed by atoms with Crippen molar-refractivity contribution in [2.45, 2.75) is 32.1 Å². The molecule has 1 aliphatic rings. The van der Waals surface area contributed by atoms with Gasteiger partial charge in [0.15, 0.2) is 5.13 Å². The fourth-order valence-electron chi connectivity index (χ4n) is 2.67. The van der Waals surface area contributed by atoms with Gasteiger partial charge in [0.25, 0.3) is 0 Å². The Morgan fingerprint density at radius 3 is 2.85 bits per heavy atom. The average Bonchev–Trinajstić information content (AvgIpc) is 2.90. The van der Waals surface area contributed by atoms with Gasteiger partial charge < -0.3 is 5.32 Å². The highest BCUT2D eigenvalue weighted by atomic mass is 32.1. The Kier molecular flexibility index (Phi) is 3.84. The minimum absolute atomic E-state index is 0.144. The maximum atomic E-state index is 12.2. The molecular formula is C14H18N4OS. The normalized spacial score (nSPS) is 16.2. The minimum Gasteiger partial charge on any atom is -0.326 e. The summed E-state index contributed by atoms with van der Waals surface area (Å²) < 4.78 is 1.01. The number of nitrogens with one attached hydrogen (secondary N) is 2. The molecule has 0 unspecified atom stereocenters. The molecule has 1 aliphatic carbocycles. The Morgan fingerprint density at radius 1 is 1.30 bits per heavy atom. The van der Waals surface area contributed by atoms with E-state index < -0.39 is 0 Å². The molecule has 0 atom stereocenters. The van der Waals surface area contributed by atoms with E-state index in [0.29, 0.717) is 5.13 Å². The van der Waals surface area contributed by atoms with E-state index in [-0.39, 0.29) is 11.8 Å². The SMILES string of the molecule is NNc1nc2ccc(NC(=O)C3CCCCC3)cc2s1. The molecule has 0 bridgehead atoms. The standard InChI is InChI=1S/C14H18N4OS/c15-18-14-17-11-7-6-10(8-12(11)20-14)16-13(19)9-4-2-1-3-5-9/h6-9H,1-5,15H2,(H,16,19)(H,17,18). The van der Waals surface area contributed by atoms with Gasteiger partial charge in [0.05, 0.1) is 10.2 Å². The van der Waals surface area contributed by atoms with Gasteiger partial charge in [-0.15, -0.1) is 0 Å². The number of aromatic nitrogens is 1. The Hall–Kier alpha value is -1.66. The van der Waals surface area contributed by atoms with Crippen LogP contribution >= 0.6 is 11.3 Å². The third kappa shape index (κ3) is 2.76. The third-order valence-electron chi connectivity index (χ3n) is 3.76. The van der Waals surface area contributed by atoms with Gasteiger partial charge in [-0.3, -0.25) is 10.2 Å². The van der Waals surface area contributed by atoms with Crippen LogP contribution in [0.1, 0.15) is 32.1 Å². The predicted molar refractivity (Wildman–Crippen MR) is 82.6 cm³/mol. The van der Waals surface area contributed by atoms with Crippen molar-refractivity contribution in [2.75, 3.05) is 10.7 Å². The van der Waals surface area contributed by atoms with E-state index in [4.69, 9.17) is 5.84 Å². The minimum atomic E-state index is 0.144. The van der Waals surface area contributed by atoms with Crippen molar-refractivity contribution < 1.29 is 4.79 Å². The molecule has 1 saturated carbocycles. The van der Waals surface area contributed by atoms with Crippen LogP contribution in [0, 0.1) is 5.92 Å². The molecule has 6 heteroatoms. The lowest BCUT2D eigenvalue weighted by Crippen LogP contribution is -2.24. The molecular weight excluding hydrogens is 272 g/mol. The number of amides is 1. The smallest absolute Gasteiger partial charge is 0.227 e. The highest BCUT2D eigenvalue weighted by Crippen LogP contribution is 2.29. The van der Waals surface area contributed by atoms with E-state index in [1.165, 1.54) is 17.8 Å². The summed E-state index contributed by atoms with van der Waals surface area (Å²) in [6.07, 6.45) is 5.60. The van der Waals surface area contributed by atoms with E-state index in [9.17, 15) is 4.79 Å². The van der Waals surface area contributed by atoms with Gasteiger partial charge in [0.1, 0.15) is 0 Å². The number of nitrogen functional groups attached to an aromatic ring is 1. The first kappa shape index (κ1) is 13.3. The summed E-state index contributed by atoms with van der Waals surface area (Å²) in [4.78, 5) is 16.5. The summed E-state index contributed by atoms with van der Waals surface area (Å²) in [5.74, 6) is 5.67. The lowest BCUT2D eigenvalue weighted by atomic mass is 9.88. The van der Waals surface area contributed by atoms with Crippen molar-refractivity contribution >= 4 is 38.3 Å². The highest BCUT2D eigenvalue weighted by Gasteiger charge is 2.21. The van der Waals surface area contributed by atoms with Crippen LogP contribution in [0.15, 0.2) is 18.2 Å². The maximum absolute atomic E-state index is 12.2. The van der Waals surface area contributed by atoms with Gasteiger partial charge in [-0.25, -0.2) is 10.8 Å². The number of benzene rings is 1. The molecule has 0 spiro atoms. The first-order chi connectivity index (χ1) is 9.76. The van der Waals surface area contributed by atoms with Gasteiger partial charge in [-0.2, -0.15) is 0 Å². The quantitative estimate of drug-likeness (QED) is 0.599. The van der Waals surface area contributed by atoms with Crippen molar-refractivity contribution in [3.63, 3.8) is 0 Å². The van der Waals surface area contributed by atoms with E-state index in [1.54, 1.807) is 0 Å². The number of fused-ring (bicyclic) bond motifs is 1. The number of rotatable bonds is 3. The van der Waals surface area contributed by atoms with Gasteiger partial charge in [-0.05, 0) is 31.0 Å². The van der Waals surface area contributed by atoms with Crippen molar-refractivity contribution in [1.82, 2.24) is 4.98 Å². The Bertz CT molecular complexity index is 619. The van der Waals surface area contributed by atoms with E-state index >= 15 is 0 Å². The molecule has 1 amide bonds. The summed E-state index contributed by atoms with van der Waals surface area (Å²) in [7, 11) is 0. The number of nitrogens with two attached hydrogens (primary N) is 1. The zero-order valence-corrected chi connectivity index (χ0v) is 12.0. The zero-order chi connectivity index (χ0) is 13.9. The van der Waals surface area contributed by atoms with Crippen LogP contribution in [-0.2, 0) is 4.79 Å². The second-order valence-electron chi connectivity index (χ2n) is 5.17. The fourth-order valence-corrected chi connectivity index (χ4v) is 3.49. The van der Waals surface area contributed by atoms with E-state index in [2.05, 4.69) is 15.7 Å². The number of anilines is 2. The number of hydrogen-bond donors (Lipinski definition) is 3. The molecule has 1 fully saturated rings. The lowest BCUT2D eigenvalue weighted by molar-refractivity contribution is -0.120. The third-order valence-corrected chi connectivity index (χ3v) is 4.70. The summed E-state index contributed by atoms with van der Waals surface area (Å²) >= 11 is 1.48. The summed E-state index contributed by atoms with van der Waals surface area (Å²) in [5, 5.41) is 3.70. The Morgan fingerprint density at radius 2 is 2.10 bits per heavy atom. The van der Waals surface area contributed by atoms with Crippen molar-refractivity contribution in [1.29, 1.82) is 0 Å². The fraction of sp³-hybridized carbons (Fsp3) is 0.429. The Labute approximate surface area is 121 Å². The molecule has 0 saturated heterocycles. The van der Waals surface area contributed by atoms with Gasteiger partial charge >= 0.3 is 0 Å². The Balaban J connectivity index is 1.74. The monoisotopic (exact) mass is 290 g/mol. The second kappa shape index (κ2) is 5.76. The summed E-state index contributed by atoms with van der Waals surface area (Å²) in [5.41, 5.74) is 4.27. The first-order valence-corrected chi connectivity index (χ1v) is 7.76. The van der Waals surface area contributed by atoms with Crippen LogP contribution in [0.4, 0.5) is 10.8 Å². The lowest BCUT2D eigenvalue weighted by Gasteiger charge is -2.20. The average molecular weight is 290 g/mol. The maximum Gasteiger partial charge on any atom is 0.227 e. The van der Waals surface area contributed by atoms with Crippen molar-refractivity contribution in [3.8, 4) is 0 Å². The topological polar surface area (TPSA) is 80.0 Å². The zero-order valence-electron chi connectivity index (χ0n) is 11.2.